The molecule has 2 rings (SSSR count). The Morgan fingerprint density at radius 1 is 1.30 bits per heavy atom. The van der Waals surface area contributed by atoms with Crippen LogP contribution in [-0.4, -0.2) is 61.5 Å². The zero-order valence-electron chi connectivity index (χ0n) is 14.0. The van der Waals surface area contributed by atoms with Crippen molar-refractivity contribution < 1.29 is 4.79 Å². The van der Waals surface area contributed by atoms with Gasteiger partial charge in [0.1, 0.15) is 0 Å². The number of amides is 1. The highest BCUT2D eigenvalue weighted by molar-refractivity contribution is 9.10. The number of benzene rings is 1. The molecule has 0 radical (unpaired) electrons. The van der Waals surface area contributed by atoms with Crippen molar-refractivity contribution in [3.8, 4) is 0 Å². The third-order valence-corrected chi connectivity index (χ3v) is 5.24. The normalized spacial score (nSPS) is 18.2. The first-order valence-electron chi connectivity index (χ1n) is 8.04. The van der Waals surface area contributed by atoms with E-state index in [0.717, 1.165) is 30.7 Å². The molecular weight excluding hydrogens is 378 g/mol. The maximum absolute atomic E-state index is 12.4. The first kappa shape index (κ1) is 18.7. The van der Waals surface area contributed by atoms with Crippen molar-refractivity contribution in [2.24, 2.45) is 5.92 Å². The summed E-state index contributed by atoms with van der Waals surface area (Å²) in [6.45, 7) is 9.31. The monoisotopic (exact) mass is 401 g/mol. The molecule has 1 amide bonds. The number of carbonyl (C=O) groups is 1. The molecule has 1 unspecified atom stereocenters. The average molecular weight is 403 g/mol. The van der Waals surface area contributed by atoms with Crippen LogP contribution < -0.4 is 5.32 Å². The standard InChI is InChI=1S/C17H25BrClN3O/c1-12(2)16(22-8-6-21(3)7-9-22)11-20-17(23)14-10-13(18)4-5-15(14)19/h4-5,10,12,16H,6-9,11H2,1-3H3,(H,20,23). The molecule has 1 aliphatic rings. The molecule has 1 heterocycles. The Morgan fingerprint density at radius 2 is 1.96 bits per heavy atom. The van der Waals surface area contributed by atoms with Crippen molar-refractivity contribution in [2.75, 3.05) is 39.8 Å². The lowest BCUT2D eigenvalue weighted by molar-refractivity contribution is 0.0791. The van der Waals surface area contributed by atoms with Crippen molar-refractivity contribution in [1.29, 1.82) is 0 Å². The molecule has 0 bridgehead atoms. The highest BCUT2D eigenvalue weighted by Crippen LogP contribution is 2.21. The second kappa shape index (κ2) is 8.47. The molecule has 1 aromatic carbocycles. The topological polar surface area (TPSA) is 35.6 Å². The Balaban J connectivity index is 1.98. The lowest BCUT2D eigenvalue weighted by Crippen LogP contribution is -2.54. The number of nitrogens with one attached hydrogen (secondary N) is 1. The van der Waals surface area contributed by atoms with Crippen LogP contribution in [0.4, 0.5) is 0 Å². The fourth-order valence-corrected chi connectivity index (χ4v) is 3.47. The Labute approximate surface area is 152 Å². The molecular formula is C17H25BrClN3O. The van der Waals surface area contributed by atoms with Crippen LogP contribution in [0.2, 0.25) is 5.02 Å². The summed E-state index contributed by atoms with van der Waals surface area (Å²) < 4.78 is 0.853. The smallest absolute Gasteiger partial charge is 0.252 e. The van der Waals surface area contributed by atoms with Gasteiger partial charge in [-0.2, -0.15) is 0 Å². The zero-order chi connectivity index (χ0) is 17.0. The van der Waals surface area contributed by atoms with Gasteiger partial charge in [0.05, 0.1) is 10.6 Å². The molecule has 1 fully saturated rings. The average Bonchev–Trinajstić information content (AvgIpc) is 2.51. The van der Waals surface area contributed by atoms with Crippen LogP contribution in [0.1, 0.15) is 24.2 Å². The van der Waals surface area contributed by atoms with Crippen molar-refractivity contribution in [1.82, 2.24) is 15.1 Å². The van der Waals surface area contributed by atoms with E-state index in [1.807, 2.05) is 6.07 Å². The van der Waals surface area contributed by atoms with Crippen molar-refractivity contribution in [3.05, 3.63) is 33.3 Å². The minimum absolute atomic E-state index is 0.115. The predicted octanol–water partition coefficient (Wildman–Crippen LogP) is 3.10. The highest BCUT2D eigenvalue weighted by Gasteiger charge is 2.25. The fourth-order valence-electron chi connectivity index (χ4n) is 2.90. The Bertz CT molecular complexity index is 545. The number of piperazine rings is 1. The molecule has 0 aliphatic carbocycles. The van der Waals surface area contributed by atoms with Crippen molar-refractivity contribution in [3.63, 3.8) is 0 Å². The fraction of sp³-hybridized carbons (Fsp3) is 0.588. The maximum Gasteiger partial charge on any atom is 0.252 e. The van der Waals surface area contributed by atoms with E-state index >= 15 is 0 Å². The lowest BCUT2D eigenvalue weighted by Gasteiger charge is -2.39. The van der Waals surface area contributed by atoms with Gasteiger partial charge >= 0.3 is 0 Å². The minimum Gasteiger partial charge on any atom is -0.350 e. The summed E-state index contributed by atoms with van der Waals surface area (Å²) in [5, 5.41) is 3.54. The second-order valence-electron chi connectivity index (χ2n) is 6.48. The van der Waals surface area contributed by atoms with Gasteiger partial charge in [0.25, 0.3) is 5.91 Å². The molecule has 0 saturated carbocycles. The number of halogens is 2. The van der Waals surface area contributed by atoms with Crippen LogP contribution in [0.25, 0.3) is 0 Å². The van der Waals surface area contributed by atoms with Crippen LogP contribution in [0, 0.1) is 5.92 Å². The van der Waals surface area contributed by atoms with Gasteiger partial charge in [-0.05, 0) is 31.2 Å². The van der Waals surface area contributed by atoms with E-state index in [9.17, 15) is 4.79 Å². The first-order chi connectivity index (χ1) is 10.9. The van der Waals surface area contributed by atoms with E-state index in [2.05, 4.69) is 51.9 Å². The van der Waals surface area contributed by atoms with Gasteiger partial charge in [0.15, 0.2) is 0 Å². The van der Waals surface area contributed by atoms with Gasteiger partial charge in [0.2, 0.25) is 0 Å². The summed E-state index contributed by atoms with van der Waals surface area (Å²) in [5.41, 5.74) is 0.516. The van der Waals surface area contributed by atoms with Crippen molar-refractivity contribution >= 4 is 33.4 Å². The molecule has 1 saturated heterocycles. The number of likely N-dealkylation sites (N-methyl/N-ethyl adjacent to an activating group) is 1. The number of nitrogens with zero attached hydrogens (tertiary/aromatic N) is 2. The van der Waals surface area contributed by atoms with E-state index in [-0.39, 0.29) is 5.91 Å². The molecule has 6 heteroatoms. The Morgan fingerprint density at radius 3 is 2.57 bits per heavy atom. The molecule has 4 nitrogen and oxygen atoms in total. The van der Waals surface area contributed by atoms with Crippen LogP contribution in [0.5, 0.6) is 0 Å². The van der Waals surface area contributed by atoms with Crippen LogP contribution in [-0.2, 0) is 0 Å². The van der Waals surface area contributed by atoms with E-state index in [0.29, 0.717) is 29.1 Å². The van der Waals surface area contributed by atoms with E-state index in [4.69, 9.17) is 11.6 Å². The largest absolute Gasteiger partial charge is 0.350 e. The first-order valence-corrected chi connectivity index (χ1v) is 9.21. The Kier molecular flexibility index (Phi) is 6.89. The summed E-state index contributed by atoms with van der Waals surface area (Å²) in [4.78, 5) is 17.3. The van der Waals surface area contributed by atoms with Gasteiger partial charge < -0.3 is 10.2 Å². The number of hydrogen-bond acceptors (Lipinski definition) is 3. The third kappa shape index (κ3) is 5.18. The summed E-state index contributed by atoms with van der Waals surface area (Å²) in [6, 6.07) is 5.68. The number of rotatable bonds is 5. The lowest BCUT2D eigenvalue weighted by atomic mass is 10.0. The molecule has 1 N–H and O–H groups in total. The summed E-state index contributed by atoms with van der Waals surface area (Å²) in [5.74, 6) is 0.368. The molecule has 128 valence electrons. The summed E-state index contributed by atoms with van der Waals surface area (Å²) >= 11 is 9.52. The van der Waals surface area contributed by atoms with Gasteiger partial charge in [-0.3, -0.25) is 9.69 Å². The van der Waals surface area contributed by atoms with Crippen molar-refractivity contribution in [2.45, 2.75) is 19.9 Å². The summed E-state index contributed by atoms with van der Waals surface area (Å²) in [7, 11) is 2.15. The van der Waals surface area contributed by atoms with Gasteiger partial charge in [-0.1, -0.05) is 41.4 Å². The second-order valence-corrected chi connectivity index (χ2v) is 7.81. The molecule has 1 aromatic rings. The quantitative estimate of drug-likeness (QED) is 0.822. The van der Waals surface area contributed by atoms with Crippen LogP contribution >= 0.6 is 27.5 Å². The van der Waals surface area contributed by atoms with Gasteiger partial charge in [-0.15, -0.1) is 0 Å². The molecule has 1 atom stereocenters. The molecule has 0 aromatic heterocycles. The molecule has 0 spiro atoms. The molecule has 1 aliphatic heterocycles. The molecule has 23 heavy (non-hydrogen) atoms. The van der Waals surface area contributed by atoms with E-state index in [1.165, 1.54) is 0 Å². The maximum atomic E-state index is 12.4. The Hall–Kier alpha value is -0.620. The SMILES string of the molecule is CC(C)C(CNC(=O)c1cc(Br)ccc1Cl)N1CCN(C)CC1. The minimum atomic E-state index is -0.115. The van der Waals surface area contributed by atoms with Crippen LogP contribution in [0.15, 0.2) is 22.7 Å². The number of hydrogen-bond donors (Lipinski definition) is 1. The summed E-state index contributed by atoms with van der Waals surface area (Å²) in [6.07, 6.45) is 0. The number of carbonyl (C=O) groups excluding carboxylic acids is 1. The highest BCUT2D eigenvalue weighted by atomic mass is 79.9. The van der Waals surface area contributed by atoms with Gasteiger partial charge in [-0.25, -0.2) is 0 Å². The zero-order valence-corrected chi connectivity index (χ0v) is 16.3. The third-order valence-electron chi connectivity index (χ3n) is 4.42. The van der Waals surface area contributed by atoms with Gasteiger partial charge in [0, 0.05) is 43.2 Å². The van der Waals surface area contributed by atoms with E-state index < -0.39 is 0 Å². The van der Waals surface area contributed by atoms with E-state index in [1.54, 1.807) is 12.1 Å². The predicted molar refractivity (Wildman–Crippen MR) is 99.2 cm³/mol. The van der Waals surface area contributed by atoms with Crippen LogP contribution in [0.3, 0.4) is 0 Å².